The van der Waals surface area contributed by atoms with Crippen LogP contribution >= 0.6 is 38.5 Å². The van der Waals surface area contributed by atoms with Gasteiger partial charge >= 0.3 is 11.9 Å². The predicted octanol–water partition coefficient (Wildman–Crippen LogP) is 2.08. The summed E-state index contributed by atoms with van der Waals surface area (Å²) in [6.45, 7) is 0. The van der Waals surface area contributed by atoms with Crippen LogP contribution in [-0.4, -0.2) is 17.0 Å². The molecule has 0 saturated carbocycles. The van der Waals surface area contributed by atoms with Gasteiger partial charge in [-0.2, -0.15) is 0 Å². The first-order valence-corrected chi connectivity index (χ1v) is 5.37. The van der Waals surface area contributed by atoms with E-state index in [1.807, 2.05) is 0 Å². The summed E-state index contributed by atoms with van der Waals surface area (Å²) in [7, 11) is 0. The number of hydrogen-bond acceptors (Lipinski definition) is 2. The van der Waals surface area contributed by atoms with Crippen LogP contribution in [0.5, 0.6) is 0 Å². The molecule has 1 amide bonds. The van der Waals surface area contributed by atoms with Crippen LogP contribution in [0.15, 0.2) is 22.7 Å². The van der Waals surface area contributed by atoms with E-state index in [1.165, 1.54) is 0 Å². The van der Waals surface area contributed by atoms with Crippen molar-refractivity contribution in [3.05, 3.63) is 26.2 Å². The molecule has 0 heterocycles. The molecule has 1 aromatic carbocycles. The molecule has 74 valence electrons. The van der Waals surface area contributed by atoms with E-state index < -0.39 is 11.9 Å². The molecule has 0 unspecified atom stereocenters. The molecule has 0 aliphatic heterocycles. The minimum absolute atomic E-state index is 0.463. The van der Waals surface area contributed by atoms with Crippen molar-refractivity contribution in [3.63, 3.8) is 0 Å². The van der Waals surface area contributed by atoms with Gasteiger partial charge in [0.1, 0.15) is 0 Å². The number of benzene rings is 1. The summed E-state index contributed by atoms with van der Waals surface area (Å²) in [5.41, 5.74) is 0.463. The van der Waals surface area contributed by atoms with Crippen LogP contribution in [0.2, 0.25) is 0 Å². The van der Waals surface area contributed by atoms with E-state index in [0.717, 1.165) is 8.04 Å². The van der Waals surface area contributed by atoms with Gasteiger partial charge in [-0.25, -0.2) is 4.79 Å². The minimum Gasteiger partial charge on any atom is -0.474 e. The van der Waals surface area contributed by atoms with Crippen molar-refractivity contribution >= 4 is 56.1 Å². The normalized spacial score (nSPS) is 9.57. The fraction of sp³-hybridized carbons (Fsp3) is 0. The van der Waals surface area contributed by atoms with Gasteiger partial charge in [-0.05, 0) is 56.7 Å². The van der Waals surface area contributed by atoms with Gasteiger partial charge in [-0.3, -0.25) is 4.79 Å². The van der Waals surface area contributed by atoms with Gasteiger partial charge in [0.05, 0.1) is 0 Å². The Morgan fingerprint density at radius 2 is 2.07 bits per heavy atom. The number of carbonyl (C=O) groups is 2. The van der Waals surface area contributed by atoms with Crippen molar-refractivity contribution < 1.29 is 14.7 Å². The topological polar surface area (TPSA) is 66.4 Å². The fourth-order valence-corrected chi connectivity index (χ4v) is 1.52. The molecule has 0 bridgehead atoms. The molecular weight excluding hydrogens is 365 g/mol. The summed E-state index contributed by atoms with van der Waals surface area (Å²) >= 11 is 5.36. The Morgan fingerprint density at radius 3 is 2.57 bits per heavy atom. The van der Waals surface area contributed by atoms with Crippen LogP contribution in [0.3, 0.4) is 0 Å². The second-order valence-electron chi connectivity index (χ2n) is 2.39. The first-order chi connectivity index (χ1) is 6.50. The summed E-state index contributed by atoms with van der Waals surface area (Å²) in [6.07, 6.45) is 0. The lowest BCUT2D eigenvalue weighted by Gasteiger charge is -2.03. The second kappa shape index (κ2) is 4.74. The molecule has 1 aromatic rings. The maximum atomic E-state index is 10.8. The molecule has 0 fully saturated rings. The maximum absolute atomic E-state index is 10.8. The van der Waals surface area contributed by atoms with Crippen LogP contribution in [0.25, 0.3) is 0 Å². The summed E-state index contributed by atoms with van der Waals surface area (Å²) in [5, 5.41) is 10.6. The van der Waals surface area contributed by atoms with Gasteiger partial charge in [0.15, 0.2) is 0 Å². The molecule has 6 heteroatoms. The van der Waals surface area contributed by atoms with Crippen molar-refractivity contribution in [1.29, 1.82) is 0 Å². The van der Waals surface area contributed by atoms with Gasteiger partial charge < -0.3 is 10.4 Å². The Bertz CT molecular complexity index is 394. The van der Waals surface area contributed by atoms with E-state index in [2.05, 4.69) is 43.8 Å². The average Bonchev–Trinajstić information content (AvgIpc) is 2.11. The van der Waals surface area contributed by atoms with Crippen molar-refractivity contribution in [2.75, 3.05) is 5.32 Å². The number of hydrogen-bond donors (Lipinski definition) is 2. The van der Waals surface area contributed by atoms with Crippen LogP contribution in [0.1, 0.15) is 0 Å². The number of amides is 1. The lowest BCUT2D eigenvalue weighted by Crippen LogP contribution is -2.21. The van der Waals surface area contributed by atoms with Gasteiger partial charge in [-0.1, -0.05) is 0 Å². The summed E-state index contributed by atoms with van der Waals surface area (Å²) < 4.78 is 1.79. The minimum atomic E-state index is -1.50. The van der Waals surface area contributed by atoms with E-state index in [-0.39, 0.29) is 0 Å². The molecule has 2 N–H and O–H groups in total. The van der Waals surface area contributed by atoms with E-state index in [4.69, 9.17) is 5.11 Å². The van der Waals surface area contributed by atoms with E-state index in [0.29, 0.717) is 5.69 Å². The third kappa shape index (κ3) is 2.95. The predicted molar refractivity (Wildman–Crippen MR) is 63.1 cm³/mol. The SMILES string of the molecule is O=C(O)C(=O)Nc1ccc(Br)c(I)c1. The first-order valence-electron chi connectivity index (χ1n) is 3.50. The van der Waals surface area contributed by atoms with Crippen molar-refractivity contribution in [2.24, 2.45) is 0 Å². The van der Waals surface area contributed by atoms with Crippen molar-refractivity contribution in [2.45, 2.75) is 0 Å². The smallest absolute Gasteiger partial charge is 0.394 e. The largest absolute Gasteiger partial charge is 0.474 e. The zero-order chi connectivity index (χ0) is 10.7. The average molecular weight is 370 g/mol. The van der Waals surface area contributed by atoms with E-state index in [9.17, 15) is 9.59 Å². The van der Waals surface area contributed by atoms with E-state index in [1.54, 1.807) is 18.2 Å². The second-order valence-corrected chi connectivity index (χ2v) is 4.40. The molecule has 0 aromatic heterocycles. The molecule has 0 radical (unpaired) electrons. The molecule has 0 saturated heterocycles. The summed E-state index contributed by atoms with van der Waals surface area (Å²) in [5.74, 6) is -2.54. The van der Waals surface area contributed by atoms with Crippen molar-refractivity contribution in [1.82, 2.24) is 0 Å². The number of nitrogens with one attached hydrogen (secondary N) is 1. The number of carbonyl (C=O) groups excluding carboxylic acids is 1. The van der Waals surface area contributed by atoms with Crippen LogP contribution in [-0.2, 0) is 9.59 Å². The first kappa shape index (κ1) is 11.4. The number of halogens is 2. The zero-order valence-corrected chi connectivity index (χ0v) is 10.5. The highest BCUT2D eigenvalue weighted by Crippen LogP contribution is 2.22. The van der Waals surface area contributed by atoms with Gasteiger partial charge in [-0.15, -0.1) is 0 Å². The molecule has 0 aliphatic rings. The molecule has 4 nitrogen and oxygen atoms in total. The zero-order valence-electron chi connectivity index (χ0n) is 6.75. The fourth-order valence-electron chi connectivity index (χ4n) is 0.758. The summed E-state index contributed by atoms with van der Waals surface area (Å²) in [4.78, 5) is 21.0. The Morgan fingerprint density at radius 1 is 1.43 bits per heavy atom. The lowest BCUT2D eigenvalue weighted by atomic mass is 10.3. The molecule has 0 aliphatic carbocycles. The number of carboxylic acids is 1. The molecule has 14 heavy (non-hydrogen) atoms. The molecule has 0 spiro atoms. The quantitative estimate of drug-likeness (QED) is 0.588. The maximum Gasteiger partial charge on any atom is 0.394 e. The highest BCUT2D eigenvalue weighted by atomic mass is 127. The number of carboxylic acid groups (broad SMARTS) is 1. The Labute approximate surface area is 102 Å². The van der Waals surface area contributed by atoms with Gasteiger partial charge in [0.2, 0.25) is 0 Å². The number of anilines is 1. The molecule has 0 atom stereocenters. The Kier molecular flexibility index (Phi) is 3.87. The highest BCUT2D eigenvalue weighted by molar-refractivity contribution is 14.1. The molecule has 1 rings (SSSR count). The summed E-state index contributed by atoms with van der Waals surface area (Å²) in [6, 6.07) is 5.03. The monoisotopic (exact) mass is 369 g/mol. The third-order valence-corrected chi connectivity index (χ3v) is 3.70. The van der Waals surface area contributed by atoms with Gasteiger partial charge in [0.25, 0.3) is 0 Å². The van der Waals surface area contributed by atoms with Crippen LogP contribution in [0, 0.1) is 3.57 Å². The Hall–Kier alpha value is -0.630. The van der Waals surface area contributed by atoms with Crippen LogP contribution < -0.4 is 5.32 Å². The lowest BCUT2D eigenvalue weighted by molar-refractivity contribution is -0.147. The van der Waals surface area contributed by atoms with Crippen molar-refractivity contribution in [3.8, 4) is 0 Å². The standard InChI is InChI=1S/C8H5BrINO3/c9-5-2-1-4(3-6(5)10)11-7(12)8(13)14/h1-3H,(H,11,12)(H,13,14). The number of aliphatic carboxylic acids is 1. The highest BCUT2D eigenvalue weighted by Gasteiger charge is 2.11. The van der Waals surface area contributed by atoms with Crippen LogP contribution in [0.4, 0.5) is 5.69 Å². The Balaban J connectivity index is 2.83. The number of rotatable bonds is 1. The molecular formula is C8H5BrINO3. The van der Waals surface area contributed by atoms with Gasteiger partial charge in [0, 0.05) is 13.7 Å². The van der Waals surface area contributed by atoms with E-state index >= 15 is 0 Å². The third-order valence-electron chi connectivity index (χ3n) is 1.37.